The number of carbonyl (C=O) groups excluding carboxylic acids is 1. The van der Waals surface area contributed by atoms with Crippen LogP contribution in [0.5, 0.6) is 0 Å². The van der Waals surface area contributed by atoms with Gasteiger partial charge in [-0.3, -0.25) is 9.69 Å². The molecule has 1 amide bonds. The Balaban J connectivity index is 2.69. The summed E-state index contributed by atoms with van der Waals surface area (Å²) in [5.41, 5.74) is 0.957. The minimum Gasteiger partial charge on any atom is -0.322 e. The quantitative estimate of drug-likeness (QED) is 0.780. The van der Waals surface area contributed by atoms with Gasteiger partial charge >= 0.3 is 0 Å². The Morgan fingerprint density at radius 2 is 2.05 bits per heavy atom. The van der Waals surface area contributed by atoms with E-state index in [2.05, 4.69) is 5.32 Å². The molecule has 0 bridgehead atoms. The summed E-state index contributed by atoms with van der Waals surface area (Å²) in [4.78, 5) is 13.6. The highest BCUT2D eigenvalue weighted by Crippen LogP contribution is 2.19. The summed E-state index contributed by atoms with van der Waals surface area (Å²) in [6, 6.07) is 1.74. The van der Waals surface area contributed by atoms with Gasteiger partial charge in [-0.15, -0.1) is 0 Å². The molecule has 1 aromatic rings. The van der Waals surface area contributed by atoms with Crippen molar-refractivity contribution in [2.75, 3.05) is 25.0 Å². The number of hydrogen-bond acceptors (Lipinski definition) is 2. The molecule has 0 aliphatic heterocycles. The van der Waals surface area contributed by atoms with E-state index in [0.717, 1.165) is 18.6 Å². The first-order valence-electron chi connectivity index (χ1n) is 6.40. The van der Waals surface area contributed by atoms with Crippen molar-refractivity contribution in [2.24, 2.45) is 0 Å². The molecule has 0 aliphatic carbocycles. The van der Waals surface area contributed by atoms with Gasteiger partial charge in [0.2, 0.25) is 5.91 Å². The van der Waals surface area contributed by atoms with Gasteiger partial charge in [-0.2, -0.15) is 0 Å². The average molecular weight is 321 g/mol. The van der Waals surface area contributed by atoms with Gasteiger partial charge in [0.25, 0.3) is 0 Å². The highest BCUT2D eigenvalue weighted by Gasteiger charge is 2.16. The summed E-state index contributed by atoms with van der Waals surface area (Å²) in [7, 11) is 0. The van der Waals surface area contributed by atoms with E-state index in [1.165, 1.54) is 5.54 Å². The normalized spacial score (nSPS) is 11.3. The lowest BCUT2D eigenvalue weighted by atomic mass is 10.2. The number of carbonyl (C=O) groups is 1. The van der Waals surface area contributed by atoms with Crippen molar-refractivity contribution in [1.82, 2.24) is 4.90 Å². The first kappa shape index (κ1) is 17.5. The number of halogens is 4. The summed E-state index contributed by atoms with van der Waals surface area (Å²) in [5, 5.41) is 2.22. The second-order valence-electron chi connectivity index (χ2n) is 4.37. The fraction of sp³-hybridized carbons (Fsp3) is 0.357. The minimum atomic E-state index is -1.61. The Hall–Kier alpha value is -1.53. The van der Waals surface area contributed by atoms with Crippen LogP contribution in [0.15, 0.2) is 23.7 Å². The third kappa shape index (κ3) is 5.40. The SMILES string of the molecule is CCCN(C/C=C/Cl)CC(=O)Nc1ccc(F)c(F)c1F. The van der Waals surface area contributed by atoms with Crippen LogP contribution in [0.2, 0.25) is 0 Å². The molecule has 0 saturated carbocycles. The van der Waals surface area contributed by atoms with Crippen LogP contribution in [0.4, 0.5) is 18.9 Å². The monoisotopic (exact) mass is 320 g/mol. The van der Waals surface area contributed by atoms with Crippen LogP contribution < -0.4 is 5.32 Å². The average Bonchev–Trinajstić information content (AvgIpc) is 2.45. The Morgan fingerprint density at radius 1 is 1.33 bits per heavy atom. The minimum absolute atomic E-state index is 0.00644. The molecule has 116 valence electrons. The van der Waals surface area contributed by atoms with E-state index in [-0.39, 0.29) is 12.2 Å². The van der Waals surface area contributed by atoms with E-state index in [9.17, 15) is 18.0 Å². The zero-order valence-electron chi connectivity index (χ0n) is 11.5. The second kappa shape index (κ2) is 8.69. The largest absolute Gasteiger partial charge is 0.322 e. The maximum Gasteiger partial charge on any atom is 0.238 e. The first-order valence-corrected chi connectivity index (χ1v) is 6.84. The van der Waals surface area contributed by atoms with Crippen molar-refractivity contribution < 1.29 is 18.0 Å². The molecule has 0 fully saturated rings. The van der Waals surface area contributed by atoms with E-state index < -0.39 is 23.4 Å². The van der Waals surface area contributed by atoms with Gasteiger partial charge in [0.15, 0.2) is 17.5 Å². The standard InChI is InChI=1S/C14H16ClF3N2O/c1-2-7-20(8-3-6-15)9-12(21)19-11-5-4-10(16)13(17)14(11)18/h3-6H,2,7-9H2,1H3,(H,19,21)/b6-3+. The molecule has 0 aromatic heterocycles. The lowest BCUT2D eigenvalue weighted by Gasteiger charge is -2.19. The van der Waals surface area contributed by atoms with Crippen LogP contribution in [0.25, 0.3) is 0 Å². The van der Waals surface area contributed by atoms with Crippen LogP contribution in [-0.2, 0) is 4.79 Å². The van der Waals surface area contributed by atoms with Crippen LogP contribution in [0.3, 0.4) is 0 Å². The molecule has 0 saturated heterocycles. The predicted molar refractivity (Wildman–Crippen MR) is 76.7 cm³/mol. The van der Waals surface area contributed by atoms with Gasteiger partial charge in [-0.05, 0) is 25.1 Å². The number of nitrogens with zero attached hydrogens (tertiary/aromatic N) is 1. The molecule has 0 radical (unpaired) electrons. The van der Waals surface area contributed by atoms with Gasteiger partial charge in [-0.1, -0.05) is 24.6 Å². The number of rotatable bonds is 7. The first-order chi connectivity index (χ1) is 9.99. The summed E-state index contributed by atoms with van der Waals surface area (Å²) in [5.74, 6) is -4.84. The lowest BCUT2D eigenvalue weighted by molar-refractivity contribution is -0.117. The summed E-state index contributed by atoms with van der Waals surface area (Å²) < 4.78 is 39.3. The van der Waals surface area contributed by atoms with Gasteiger partial charge in [0, 0.05) is 12.1 Å². The van der Waals surface area contributed by atoms with E-state index in [1.807, 2.05) is 6.92 Å². The maximum atomic E-state index is 13.4. The smallest absolute Gasteiger partial charge is 0.238 e. The molecule has 7 heteroatoms. The molecule has 0 aliphatic rings. The summed E-state index contributed by atoms with van der Waals surface area (Å²) in [6.07, 6.45) is 2.49. The van der Waals surface area contributed by atoms with Gasteiger partial charge in [0.05, 0.1) is 12.2 Å². The lowest BCUT2D eigenvalue weighted by Crippen LogP contribution is -2.34. The highest BCUT2D eigenvalue weighted by atomic mass is 35.5. The predicted octanol–water partition coefficient (Wildman–Crippen LogP) is 3.51. The van der Waals surface area contributed by atoms with E-state index in [0.29, 0.717) is 13.1 Å². The number of amides is 1. The van der Waals surface area contributed by atoms with E-state index >= 15 is 0 Å². The Labute approximate surface area is 126 Å². The molecule has 0 heterocycles. The second-order valence-corrected chi connectivity index (χ2v) is 4.62. The molecule has 21 heavy (non-hydrogen) atoms. The van der Waals surface area contributed by atoms with Crippen molar-refractivity contribution in [3.63, 3.8) is 0 Å². The molecule has 0 spiro atoms. The molecule has 0 unspecified atom stereocenters. The number of anilines is 1. The molecule has 0 atom stereocenters. The van der Waals surface area contributed by atoms with Crippen molar-refractivity contribution in [1.29, 1.82) is 0 Å². The zero-order valence-corrected chi connectivity index (χ0v) is 12.3. The highest BCUT2D eigenvalue weighted by molar-refractivity contribution is 6.25. The van der Waals surface area contributed by atoms with Crippen LogP contribution in [0, 0.1) is 17.5 Å². The molecular formula is C14H16ClF3N2O. The van der Waals surface area contributed by atoms with E-state index in [4.69, 9.17) is 11.6 Å². The van der Waals surface area contributed by atoms with Gasteiger partial charge in [0.1, 0.15) is 0 Å². The van der Waals surface area contributed by atoms with E-state index in [1.54, 1.807) is 11.0 Å². The summed E-state index contributed by atoms with van der Waals surface area (Å²) >= 11 is 5.43. The Bertz CT molecular complexity index is 523. The van der Waals surface area contributed by atoms with Crippen LogP contribution >= 0.6 is 11.6 Å². The van der Waals surface area contributed by atoms with Crippen molar-refractivity contribution >= 4 is 23.2 Å². The molecule has 1 aromatic carbocycles. The maximum absolute atomic E-state index is 13.4. The zero-order chi connectivity index (χ0) is 15.8. The van der Waals surface area contributed by atoms with Crippen molar-refractivity contribution in [3.8, 4) is 0 Å². The molecule has 3 nitrogen and oxygen atoms in total. The number of benzene rings is 1. The summed E-state index contributed by atoms with van der Waals surface area (Å²) in [6.45, 7) is 3.05. The fourth-order valence-corrected chi connectivity index (χ4v) is 1.83. The van der Waals surface area contributed by atoms with Crippen LogP contribution in [-0.4, -0.2) is 30.4 Å². The van der Waals surface area contributed by atoms with Crippen LogP contribution in [0.1, 0.15) is 13.3 Å². The topological polar surface area (TPSA) is 32.3 Å². The van der Waals surface area contributed by atoms with Gasteiger partial charge in [-0.25, -0.2) is 13.2 Å². The van der Waals surface area contributed by atoms with Crippen molar-refractivity contribution in [3.05, 3.63) is 41.2 Å². The Morgan fingerprint density at radius 3 is 2.67 bits per heavy atom. The van der Waals surface area contributed by atoms with Gasteiger partial charge < -0.3 is 5.32 Å². The fourth-order valence-electron chi connectivity index (χ4n) is 1.76. The molecular weight excluding hydrogens is 305 g/mol. The number of nitrogens with one attached hydrogen (secondary N) is 1. The third-order valence-electron chi connectivity index (χ3n) is 2.67. The molecule has 1 rings (SSSR count). The molecule has 1 N–H and O–H groups in total. The third-order valence-corrected chi connectivity index (χ3v) is 2.85. The van der Waals surface area contributed by atoms with Crippen molar-refractivity contribution in [2.45, 2.75) is 13.3 Å². The number of hydrogen-bond donors (Lipinski definition) is 1. The Kier molecular flexibility index (Phi) is 7.25.